The summed E-state index contributed by atoms with van der Waals surface area (Å²) in [6.45, 7) is 2.71. The van der Waals surface area contributed by atoms with Crippen LogP contribution in [0, 0.1) is 12.7 Å². The summed E-state index contributed by atoms with van der Waals surface area (Å²) in [5.74, 6) is -0.637. The van der Waals surface area contributed by atoms with Crippen molar-refractivity contribution in [2.24, 2.45) is 0 Å². The van der Waals surface area contributed by atoms with Crippen LogP contribution in [0.3, 0.4) is 0 Å². The molecule has 2 aromatic rings. The molecule has 1 aromatic carbocycles. The summed E-state index contributed by atoms with van der Waals surface area (Å²) in [4.78, 5) is 16.4. The Hall–Kier alpha value is -2.27. The Labute approximate surface area is 128 Å². The third-order valence-electron chi connectivity index (χ3n) is 3.90. The topological polar surface area (TPSA) is 54.0 Å². The minimum Gasteiger partial charge on any atom is -0.322 e. The van der Waals surface area contributed by atoms with E-state index in [-0.39, 0.29) is 17.6 Å². The molecule has 5 heteroatoms. The second-order valence-electron chi connectivity index (χ2n) is 5.47. The number of benzene rings is 1. The van der Waals surface area contributed by atoms with E-state index < -0.39 is 5.82 Å². The third kappa shape index (κ3) is 2.85. The molecule has 1 fully saturated rings. The van der Waals surface area contributed by atoms with Crippen molar-refractivity contribution < 1.29 is 9.18 Å². The largest absolute Gasteiger partial charge is 0.322 e. The number of pyridine rings is 1. The van der Waals surface area contributed by atoms with E-state index in [1.807, 2.05) is 19.1 Å². The van der Waals surface area contributed by atoms with Gasteiger partial charge in [0.05, 0.1) is 17.4 Å². The van der Waals surface area contributed by atoms with Gasteiger partial charge in [-0.1, -0.05) is 12.1 Å². The Balaban J connectivity index is 1.89. The van der Waals surface area contributed by atoms with E-state index in [2.05, 4.69) is 15.6 Å². The van der Waals surface area contributed by atoms with Crippen molar-refractivity contribution in [2.45, 2.75) is 25.8 Å². The Bertz CT molecular complexity index is 696. The second-order valence-corrected chi connectivity index (χ2v) is 5.47. The molecule has 114 valence electrons. The Morgan fingerprint density at radius 1 is 1.36 bits per heavy atom. The van der Waals surface area contributed by atoms with E-state index in [1.54, 1.807) is 24.4 Å². The summed E-state index contributed by atoms with van der Waals surface area (Å²) in [6, 6.07) is 8.44. The fourth-order valence-corrected chi connectivity index (χ4v) is 2.71. The van der Waals surface area contributed by atoms with Crippen molar-refractivity contribution in [1.82, 2.24) is 10.3 Å². The lowest BCUT2D eigenvalue weighted by molar-refractivity contribution is -0.117. The molecule has 0 radical (unpaired) electrons. The van der Waals surface area contributed by atoms with Gasteiger partial charge in [0, 0.05) is 11.8 Å². The molecule has 4 nitrogen and oxygen atoms in total. The van der Waals surface area contributed by atoms with Gasteiger partial charge >= 0.3 is 0 Å². The van der Waals surface area contributed by atoms with Gasteiger partial charge in [0.15, 0.2) is 5.82 Å². The number of hydrogen-bond acceptors (Lipinski definition) is 3. The number of nitrogens with zero attached hydrogens (tertiary/aromatic N) is 1. The lowest BCUT2D eigenvalue weighted by Crippen LogP contribution is -2.35. The van der Waals surface area contributed by atoms with E-state index in [0.29, 0.717) is 11.3 Å². The fraction of sp³-hybridized carbons (Fsp3) is 0.294. The van der Waals surface area contributed by atoms with Gasteiger partial charge in [-0.15, -0.1) is 0 Å². The van der Waals surface area contributed by atoms with Crippen molar-refractivity contribution in [3.63, 3.8) is 0 Å². The predicted molar refractivity (Wildman–Crippen MR) is 84.0 cm³/mol. The molecule has 1 amide bonds. The first-order valence-corrected chi connectivity index (χ1v) is 7.41. The Kier molecular flexibility index (Phi) is 4.15. The highest BCUT2D eigenvalue weighted by atomic mass is 19.1. The monoisotopic (exact) mass is 299 g/mol. The third-order valence-corrected chi connectivity index (χ3v) is 3.90. The molecule has 0 aliphatic carbocycles. The summed E-state index contributed by atoms with van der Waals surface area (Å²) in [7, 11) is 0. The number of hydrogen-bond donors (Lipinski definition) is 2. The lowest BCUT2D eigenvalue weighted by atomic mass is 10.1. The zero-order valence-electron chi connectivity index (χ0n) is 12.4. The molecule has 1 saturated heterocycles. The average Bonchev–Trinajstić information content (AvgIpc) is 3.05. The molecule has 0 saturated carbocycles. The molecular formula is C17H18FN3O. The van der Waals surface area contributed by atoms with E-state index >= 15 is 0 Å². The van der Waals surface area contributed by atoms with Gasteiger partial charge in [0.1, 0.15) is 0 Å². The van der Waals surface area contributed by atoms with E-state index in [1.165, 1.54) is 0 Å². The summed E-state index contributed by atoms with van der Waals surface area (Å²) < 4.78 is 14.7. The average molecular weight is 299 g/mol. The summed E-state index contributed by atoms with van der Waals surface area (Å²) >= 11 is 0. The summed E-state index contributed by atoms with van der Waals surface area (Å²) in [5.41, 5.74) is 2.08. The van der Waals surface area contributed by atoms with E-state index in [9.17, 15) is 9.18 Å². The number of amides is 1. The van der Waals surface area contributed by atoms with Crippen LogP contribution in [0.5, 0.6) is 0 Å². The molecule has 1 aliphatic heterocycles. The number of nitrogens with one attached hydrogen (secondary N) is 2. The first-order chi connectivity index (χ1) is 10.7. The molecule has 2 N–H and O–H groups in total. The first kappa shape index (κ1) is 14.7. The van der Waals surface area contributed by atoms with Gasteiger partial charge in [0.25, 0.3) is 0 Å². The van der Waals surface area contributed by atoms with Gasteiger partial charge in [-0.05, 0) is 50.1 Å². The molecule has 0 bridgehead atoms. The number of halogens is 1. The van der Waals surface area contributed by atoms with Crippen molar-refractivity contribution in [3.8, 4) is 11.3 Å². The van der Waals surface area contributed by atoms with Crippen LogP contribution in [0.25, 0.3) is 11.3 Å². The first-order valence-electron chi connectivity index (χ1n) is 7.41. The van der Waals surface area contributed by atoms with Gasteiger partial charge < -0.3 is 10.6 Å². The molecule has 3 rings (SSSR count). The molecule has 1 unspecified atom stereocenters. The number of carbonyl (C=O) groups excluding carboxylic acids is 1. The van der Waals surface area contributed by atoms with Crippen LogP contribution in [-0.2, 0) is 4.79 Å². The van der Waals surface area contributed by atoms with Crippen LogP contribution in [-0.4, -0.2) is 23.5 Å². The van der Waals surface area contributed by atoms with Crippen LogP contribution in [0.1, 0.15) is 18.4 Å². The van der Waals surface area contributed by atoms with Crippen LogP contribution in [0.15, 0.2) is 36.5 Å². The Morgan fingerprint density at radius 2 is 2.23 bits per heavy atom. The number of aromatic nitrogens is 1. The number of anilines is 1. The highest BCUT2D eigenvalue weighted by Crippen LogP contribution is 2.28. The van der Waals surface area contributed by atoms with Crippen LogP contribution in [0.4, 0.5) is 10.1 Å². The SMILES string of the molecule is Cc1cccnc1-c1cccc(NC(=O)C2CCCN2)c1F. The smallest absolute Gasteiger partial charge is 0.241 e. The minimum absolute atomic E-state index is 0.189. The highest BCUT2D eigenvalue weighted by molar-refractivity contribution is 5.95. The fourth-order valence-electron chi connectivity index (χ4n) is 2.71. The van der Waals surface area contributed by atoms with Crippen molar-refractivity contribution in [2.75, 3.05) is 11.9 Å². The molecule has 0 spiro atoms. The zero-order valence-corrected chi connectivity index (χ0v) is 12.4. The maximum absolute atomic E-state index is 14.7. The van der Waals surface area contributed by atoms with Crippen molar-refractivity contribution >= 4 is 11.6 Å². The molecule has 1 atom stereocenters. The van der Waals surface area contributed by atoms with E-state index in [0.717, 1.165) is 24.9 Å². The summed E-state index contributed by atoms with van der Waals surface area (Å²) in [6.07, 6.45) is 3.38. The lowest BCUT2D eigenvalue weighted by Gasteiger charge is -2.14. The van der Waals surface area contributed by atoms with E-state index in [4.69, 9.17) is 0 Å². The van der Waals surface area contributed by atoms with Crippen LogP contribution in [0.2, 0.25) is 0 Å². The number of carbonyl (C=O) groups is 1. The van der Waals surface area contributed by atoms with Gasteiger partial charge in [-0.2, -0.15) is 0 Å². The summed E-state index contributed by atoms with van der Waals surface area (Å²) in [5, 5.41) is 5.78. The molecule has 1 aromatic heterocycles. The van der Waals surface area contributed by atoms with Crippen LogP contribution < -0.4 is 10.6 Å². The molecule has 1 aliphatic rings. The van der Waals surface area contributed by atoms with Gasteiger partial charge in [-0.25, -0.2) is 4.39 Å². The van der Waals surface area contributed by atoms with Crippen LogP contribution >= 0.6 is 0 Å². The van der Waals surface area contributed by atoms with Gasteiger partial charge in [0.2, 0.25) is 5.91 Å². The molecular weight excluding hydrogens is 281 g/mol. The standard InChI is InChI=1S/C17H18FN3O/c1-11-5-3-10-20-16(11)12-6-2-7-13(15(12)18)21-17(22)14-8-4-9-19-14/h2-3,5-7,10,14,19H,4,8-9H2,1H3,(H,21,22). The van der Waals surface area contributed by atoms with Crippen molar-refractivity contribution in [1.29, 1.82) is 0 Å². The second kappa shape index (κ2) is 6.23. The minimum atomic E-state index is -0.448. The zero-order chi connectivity index (χ0) is 15.5. The highest BCUT2D eigenvalue weighted by Gasteiger charge is 2.23. The maximum Gasteiger partial charge on any atom is 0.241 e. The van der Waals surface area contributed by atoms with Gasteiger partial charge in [-0.3, -0.25) is 9.78 Å². The number of aryl methyl sites for hydroxylation is 1. The number of rotatable bonds is 3. The maximum atomic E-state index is 14.7. The molecule has 2 heterocycles. The van der Waals surface area contributed by atoms with Crippen molar-refractivity contribution in [3.05, 3.63) is 47.9 Å². The Morgan fingerprint density at radius 3 is 2.95 bits per heavy atom. The normalized spacial score (nSPS) is 17.5. The quantitative estimate of drug-likeness (QED) is 0.916. The molecule has 22 heavy (non-hydrogen) atoms. The predicted octanol–water partition coefficient (Wildman–Crippen LogP) is 2.89.